The molecule has 1 N–H and O–H groups in total. The molecule has 3 rings (SSSR count). The second-order valence-corrected chi connectivity index (χ2v) is 8.21. The van der Waals surface area contributed by atoms with E-state index in [9.17, 15) is 5.21 Å². The molecule has 1 atom stereocenters. The van der Waals surface area contributed by atoms with Crippen LogP contribution < -0.4 is 0 Å². The van der Waals surface area contributed by atoms with Crippen LogP contribution in [0.25, 0.3) is 5.57 Å². The molecule has 0 aliphatic carbocycles. The maximum Gasteiger partial charge on any atom is 0.0815 e. The van der Waals surface area contributed by atoms with E-state index in [1.165, 1.54) is 38.5 Å². The highest BCUT2D eigenvalue weighted by molar-refractivity contribution is 9.10. The summed E-state index contributed by atoms with van der Waals surface area (Å²) in [5, 5.41) is 12.3. The van der Waals surface area contributed by atoms with Crippen molar-refractivity contribution in [1.82, 2.24) is 5.06 Å². The Morgan fingerprint density at radius 1 is 1.12 bits per heavy atom. The summed E-state index contributed by atoms with van der Waals surface area (Å²) in [5.74, 6) is 0. The van der Waals surface area contributed by atoms with Crippen molar-refractivity contribution < 1.29 is 5.21 Å². The number of halogens is 1. The third-order valence-electron chi connectivity index (χ3n) is 5.32. The molecule has 26 heavy (non-hydrogen) atoms. The minimum absolute atomic E-state index is 0.0516. The van der Waals surface area contributed by atoms with Crippen LogP contribution in [-0.2, 0) is 0 Å². The van der Waals surface area contributed by atoms with E-state index in [0.717, 1.165) is 30.2 Å². The number of aryl methyl sites for hydroxylation is 2. The Morgan fingerprint density at radius 2 is 1.85 bits per heavy atom. The average Bonchev–Trinajstić information content (AvgIpc) is 2.63. The summed E-state index contributed by atoms with van der Waals surface area (Å²) in [6.45, 7) is 7.17. The van der Waals surface area contributed by atoms with Crippen LogP contribution in [0, 0.1) is 13.8 Å². The van der Waals surface area contributed by atoms with Gasteiger partial charge in [-0.25, -0.2) is 0 Å². The maximum atomic E-state index is 10.7. The van der Waals surface area contributed by atoms with E-state index in [0.29, 0.717) is 6.54 Å². The van der Waals surface area contributed by atoms with Gasteiger partial charge >= 0.3 is 0 Å². The van der Waals surface area contributed by atoms with Gasteiger partial charge in [-0.2, -0.15) is 5.06 Å². The summed E-state index contributed by atoms with van der Waals surface area (Å²) < 4.78 is 1.11. The van der Waals surface area contributed by atoms with Gasteiger partial charge in [0, 0.05) is 11.0 Å². The number of rotatable bonds is 5. The molecule has 0 bridgehead atoms. The molecule has 0 aromatic heterocycles. The Hall–Kier alpha value is -1.42. The highest BCUT2D eigenvalue weighted by Crippen LogP contribution is 2.42. The summed E-state index contributed by atoms with van der Waals surface area (Å²) in [4.78, 5) is 0. The van der Waals surface area contributed by atoms with Crippen LogP contribution in [0.1, 0.15) is 60.9 Å². The van der Waals surface area contributed by atoms with Crippen LogP contribution >= 0.6 is 15.9 Å². The Bertz CT molecular complexity index is 794. The highest BCUT2D eigenvalue weighted by atomic mass is 79.9. The molecule has 1 unspecified atom stereocenters. The van der Waals surface area contributed by atoms with Crippen LogP contribution in [0.15, 0.2) is 52.5 Å². The number of hydroxylamine groups is 2. The normalized spacial score (nSPS) is 18.4. The first-order chi connectivity index (χ1) is 12.5. The van der Waals surface area contributed by atoms with Crippen molar-refractivity contribution in [3.8, 4) is 0 Å². The van der Waals surface area contributed by atoms with E-state index in [-0.39, 0.29) is 6.04 Å². The summed E-state index contributed by atoms with van der Waals surface area (Å²) in [7, 11) is 0. The Balaban J connectivity index is 2.14. The minimum atomic E-state index is -0.0516. The summed E-state index contributed by atoms with van der Waals surface area (Å²) in [6, 6.07) is 15.1. The van der Waals surface area contributed by atoms with Crippen molar-refractivity contribution in [1.29, 1.82) is 0 Å². The van der Waals surface area contributed by atoms with E-state index in [4.69, 9.17) is 0 Å². The lowest BCUT2D eigenvalue weighted by molar-refractivity contribution is -0.120. The lowest BCUT2D eigenvalue weighted by atomic mass is 9.82. The molecule has 0 fully saturated rings. The molecule has 2 nitrogen and oxygen atoms in total. The second-order valence-electron chi connectivity index (χ2n) is 7.29. The van der Waals surface area contributed by atoms with Crippen LogP contribution in [-0.4, -0.2) is 16.8 Å². The van der Waals surface area contributed by atoms with Crippen molar-refractivity contribution >= 4 is 21.5 Å². The molecule has 138 valence electrons. The van der Waals surface area contributed by atoms with E-state index < -0.39 is 0 Å². The van der Waals surface area contributed by atoms with E-state index in [2.05, 4.69) is 79.2 Å². The lowest BCUT2D eigenvalue weighted by Crippen LogP contribution is -2.32. The molecule has 0 spiro atoms. The molecule has 0 radical (unpaired) electrons. The van der Waals surface area contributed by atoms with Crippen LogP contribution in [0.3, 0.4) is 0 Å². The zero-order chi connectivity index (χ0) is 18.7. The van der Waals surface area contributed by atoms with Crippen LogP contribution in [0.2, 0.25) is 0 Å². The number of hydrogen-bond donors (Lipinski definition) is 1. The molecule has 1 aliphatic heterocycles. The molecule has 0 amide bonds. The molecular formula is C23H28BrNO. The van der Waals surface area contributed by atoms with Gasteiger partial charge in [0.15, 0.2) is 0 Å². The smallest absolute Gasteiger partial charge is 0.0815 e. The zero-order valence-corrected chi connectivity index (χ0v) is 17.5. The van der Waals surface area contributed by atoms with Gasteiger partial charge in [-0.3, -0.25) is 0 Å². The molecule has 1 aliphatic rings. The van der Waals surface area contributed by atoms with Crippen molar-refractivity contribution in [2.45, 2.75) is 52.5 Å². The third kappa shape index (κ3) is 4.11. The zero-order valence-electron chi connectivity index (χ0n) is 15.9. The van der Waals surface area contributed by atoms with Crippen molar-refractivity contribution in [3.63, 3.8) is 0 Å². The topological polar surface area (TPSA) is 23.5 Å². The highest BCUT2D eigenvalue weighted by Gasteiger charge is 2.30. The van der Waals surface area contributed by atoms with Crippen LogP contribution in [0.4, 0.5) is 0 Å². The Labute approximate surface area is 165 Å². The number of hydrogen-bond acceptors (Lipinski definition) is 2. The quantitative estimate of drug-likeness (QED) is 0.579. The molecule has 0 saturated carbocycles. The second kappa shape index (κ2) is 8.51. The first kappa shape index (κ1) is 19.3. The van der Waals surface area contributed by atoms with Crippen molar-refractivity contribution in [2.24, 2.45) is 0 Å². The molecule has 0 saturated heterocycles. The van der Waals surface area contributed by atoms with Gasteiger partial charge in [-0.1, -0.05) is 65.2 Å². The largest absolute Gasteiger partial charge is 0.313 e. The summed E-state index contributed by atoms with van der Waals surface area (Å²) >= 11 is 3.63. The number of unbranched alkanes of at least 4 members (excludes halogenated alkanes) is 1. The third-order valence-corrected chi connectivity index (χ3v) is 5.82. The van der Waals surface area contributed by atoms with Crippen LogP contribution in [0.5, 0.6) is 0 Å². The Kier molecular flexibility index (Phi) is 6.33. The number of nitrogens with zero attached hydrogens (tertiary/aromatic N) is 1. The molecule has 3 heteroatoms. The van der Waals surface area contributed by atoms with Gasteiger partial charge < -0.3 is 5.21 Å². The van der Waals surface area contributed by atoms with Gasteiger partial charge in [-0.15, -0.1) is 0 Å². The fraction of sp³-hybridized carbons (Fsp3) is 0.391. The maximum absolute atomic E-state index is 10.7. The predicted molar refractivity (Wildman–Crippen MR) is 112 cm³/mol. The fourth-order valence-electron chi connectivity index (χ4n) is 3.86. The van der Waals surface area contributed by atoms with Gasteiger partial charge in [0.1, 0.15) is 0 Å². The minimum Gasteiger partial charge on any atom is -0.313 e. The molecule has 1 heterocycles. The monoisotopic (exact) mass is 413 g/mol. The summed E-state index contributed by atoms with van der Waals surface area (Å²) in [5.41, 5.74) is 7.81. The lowest BCUT2D eigenvalue weighted by Gasteiger charge is -2.36. The van der Waals surface area contributed by atoms with E-state index in [1.807, 2.05) is 0 Å². The van der Waals surface area contributed by atoms with Crippen molar-refractivity contribution in [2.75, 3.05) is 6.54 Å². The first-order valence-electron chi connectivity index (χ1n) is 9.51. The SMILES string of the molecule is CCCCC1=C(c2cc(Br)ccc2C)CCN(O)C1c1ccc(C)cc1. The number of benzene rings is 2. The predicted octanol–water partition coefficient (Wildman–Crippen LogP) is 6.85. The van der Waals surface area contributed by atoms with E-state index in [1.54, 1.807) is 0 Å². The van der Waals surface area contributed by atoms with Crippen molar-refractivity contribution in [3.05, 3.63) is 74.8 Å². The standard InChI is InChI=1S/C23H28BrNO/c1-4-5-6-21-20(22-15-19(24)12-9-17(22)3)13-14-25(26)23(21)18-10-7-16(2)8-11-18/h7-12,15,23,26H,4-6,13-14H2,1-3H3. The first-order valence-corrected chi connectivity index (χ1v) is 10.3. The van der Waals surface area contributed by atoms with Gasteiger partial charge in [0.05, 0.1) is 6.04 Å². The van der Waals surface area contributed by atoms with Gasteiger partial charge in [-0.05, 0) is 73.1 Å². The average molecular weight is 414 g/mol. The van der Waals surface area contributed by atoms with E-state index >= 15 is 0 Å². The summed E-state index contributed by atoms with van der Waals surface area (Å²) in [6.07, 6.45) is 4.20. The molecular weight excluding hydrogens is 386 g/mol. The Morgan fingerprint density at radius 3 is 2.54 bits per heavy atom. The van der Waals surface area contributed by atoms with Gasteiger partial charge in [0.25, 0.3) is 0 Å². The molecule has 2 aromatic rings. The van der Waals surface area contributed by atoms with Gasteiger partial charge in [0.2, 0.25) is 0 Å². The molecule has 2 aromatic carbocycles. The fourth-order valence-corrected chi connectivity index (χ4v) is 4.23.